The van der Waals surface area contributed by atoms with Gasteiger partial charge in [-0.1, -0.05) is 66.8 Å². The van der Waals surface area contributed by atoms with Crippen LogP contribution in [-0.4, -0.2) is 6.21 Å². The van der Waals surface area contributed by atoms with Crippen molar-refractivity contribution < 1.29 is 0 Å². The van der Waals surface area contributed by atoms with Gasteiger partial charge in [0.2, 0.25) is 0 Å². The van der Waals surface area contributed by atoms with E-state index in [4.69, 9.17) is 0 Å². The Kier molecular flexibility index (Phi) is 3.37. The molecule has 0 aliphatic heterocycles. The fourth-order valence-electron chi connectivity index (χ4n) is 2.16. The number of para-hydroxylation sites is 1. The first-order chi connectivity index (χ1) is 9.43. The SMILES string of the molecule is C1=CCC(C=Nc2ccccc2-c2ccccc2)=C1. The van der Waals surface area contributed by atoms with Crippen LogP contribution in [0.15, 0.2) is 83.4 Å². The Morgan fingerprint density at radius 2 is 1.68 bits per heavy atom. The van der Waals surface area contributed by atoms with E-state index in [1.165, 1.54) is 16.7 Å². The highest BCUT2D eigenvalue weighted by atomic mass is 14.7. The summed E-state index contributed by atoms with van der Waals surface area (Å²) < 4.78 is 0. The number of rotatable bonds is 3. The van der Waals surface area contributed by atoms with Crippen molar-refractivity contribution in [3.05, 3.63) is 78.4 Å². The Labute approximate surface area is 113 Å². The molecule has 0 radical (unpaired) electrons. The van der Waals surface area contributed by atoms with Gasteiger partial charge in [-0.05, 0) is 23.6 Å². The van der Waals surface area contributed by atoms with Gasteiger partial charge in [-0.2, -0.15) is 0 Å². The fraction of sp³-hybridized carbons (Fsp3) is 0.0556. The summed E-state index contributed by atoms with van der Waals surface area (Å²) in [4.78, 5) is 4.63. The molecule has 0 fully saturated rings. The third kappa shape index (κ3) is 2.71. The second-order valence-corrected chi connectivity index (χ2v) is 4.52. The number of hydrogen-bond donors (Lipinski definition) is 0. The quantitative estimate of drug-likeness (QED) is 0.679. The van der Waals surface area contributed by atoms with Gasteiger partial charge < -0.3 is 0 Å². The Balaban J connectivity index is 1.94. The molecule has 1 heteroatoms. The number of aliphatic imine (C=N–C) groups is 1. The Bertz CT molecular complexity index is 648. The van der Waals surface area contributed by atoms with Crippen LogP contribution in [0.5, 0.6) is 0 Å². The predicted molar refractivity (Wildman–Crippen MR) is 81.9 cm³/mol. The first kappa shape index (κ1) is 11.7. The van der Waals surface area contributed by atoms with Crippen LogP contribution in [0.25, 0.3) is 11.1 Å². The van der Waals surface area contributed by atoms with Crippen LogP contribution >= 0.6 is 0 Å². The standard InChI is InChI=1S/C18H15N/c1-2-10-16(11-3-1)17-12-6-7-13-18(17)19-14-15-8-4-5-9-15/h1-8,10-14H,9H2. The minimum absolute atomic E-state index is 0.983. The molecule has 1 aliphatic rings. The lowest BCUT2D eigenvalue weighted by atomic mass is 10.0. The first-order valence-electron chi connectivity index (χ1n) is 6.48. The van der Waals surface area contributed by atoms with E-state index in [2.05, 4.69) is 65.7 Å². The highest BCUT2D eigenvalue weighted by Crippen LogP contribution is 2.29. The smallest absolute Gasteiger partial charge is 0.0708 e. The molecular formula is C18H15N. The van der Waals surface area contributed by atoms with Crippen LogP contribution in [0.4, 0.5) is 5.69 Å². The van der Waals surface area contributed by atoms with Gasteiger partial charge in [0.15, 0.2) is 0 Å². The molecule has 2 aromatic carbocycles. The highest BCUT2D eigenvalue weighted by molar-refractivity contribution is 5.86. The van der Waals surface area contributed by atoms with Crippen molar-refractivity contribution in [1.29, 1.82) is 0 Å². The Morgan fingerprint density at radius 1 is 0.895 bits per heavy atom. The maximum absolute atomic E-state index is 4.63. The van der Waals surface area contributed by atoms with Gasteiger partial charge in [-0.3, -0.25) is 4.99 Å². The zero-order chi connectivity index (χ0) is 12.9. The summed E-state index contributed by atoms with van der Waals surface area (Å²) in [6, 6.07) is 18.6. The minimum atomic E-state index is 0.983. The molecule has 0 unspecified atom stereocenters. The van der Waals surface area contributed by atoms with Crippen LogP contribution < -0.4 is 0 Å². The summed E-state index contributed by atoms with van der Waals surface area (Å²) in [6.07, 6.45) is 9.27. The third-order valence-corrected chi connectivity index (χ3v) is 3.16. The van der Waals surface area contributed by atoms with E-state index in [-0.39, 0.29) is 0 Å². The topological polar surface area (TPSA) is 12.4 Å². The molecule has 19 heavy (non-hydrogen) atoms. The molecule has 2 aromatic rings. The van der Waals surface area contributed by atoms with Gasteiger partial charge in [0.1, 0.15) is 0 Å². The summed E-state index contributed by atoms with van der Waals surface area (Å²) in [7, 11) is 0. The summed E-state index contributed by atoms with van der Waals surface area (Å²) in [5.41, 5.74) is 4.64. The van der Waals surface area contributed by atoms with Crippen LogP contribution in [0.2, 0.25) is 0 Å². The van der Waals surface area contributed by atoms with Crippen LogP contribution in [0.3, 0.4) is 0 Å². The van der Waals surface area contributed by atoms with Crippen LogP contribution in [-0.2, 0) is 0 Å². The molecule has 0 aromatic heterocycles. The van der Waals surface area contributed by atoms with Crippen molar-refractivity contribution in [2.45, 2.75) is 6.42 Å². The van der Waals surface area contributed by atoms with E-state index in [9.17, 15) is 0 Å². The highest BCUT2D eigenvalue weighted by Gasteiger charge is 2.02. The third-order valence-electron chi connectivity index (χ3n) is 3.16. The van der Waals surface area contributed by atoms with Crippen molar-refractivity contribution in [2.24, 2.45) is 4.99 Å². The van der Waals surface area contributed by atoms with Crippen molar-refractivity contribution in [3.63, 3.8) is 0 Å². The number of benzene rings is 2. The molecule has 0 bridgehead atoms. The van der Waals surface area contributed by atoms with Gasteiger partial charge in [0.25, 0.3) is 0 Å². The van der Waals surface area contributed by atoms with Crippen molar-refractivity contribution in [3.8, 4) is 11.1 Å². The second-order valence-electron chi connectivity index (χ2n) is 4.52. The van der Waals surface area contributed by atoms with E-state index >= 15 is 0 Å². The average Bonchev–Trinajstić information content (AvgIpc) is 3.00. The maximum atomic E-state index is 4.63. The monoisotopic (exact) mass is 245 g/mol. The minimum Gasteiger partial charge on any atom is -0.256 e. The fourth-order valence-corrected chi connectivity index (χ4v) is 2.16. The van der Waals surface area contributed by atoms with E-state index in [1.54, 1.807) is 0 Å². The molecule has 0 saturated heterocycles. The van der Waals surface area contributed by atoms with Crippen LogP contribution in [0, 0.1) is 0 Å². The molecule has 1 aliphatic carbocycles. The second kappa shape index (κ2) is 5.49. The van der Waals surface area contributed by atoms with Gasteiger partial charge in [-0.25, -0.2) is 0 Å². The van der Waals surface area contributed by atoms with Gasteiger partial charge >= 0.3 is 0 Å². The summed E-state index contributed by atoms with van der Waals surface area (Å²) in [5.74, 6) is 0. The molecule has 0 spiro atoms. The lowest BCUT2D eigenvalue weighted by Gasteiger charge is -2.05. The molecule has 1 nitrogen and oxygen atoms in total. The van der Waals surface area contributed by atoms with Crippen LogP contribution in [0.1, 0.15) is 6.42 Å². The molecule has 3 rings (SSSR count). The van der Waals surface area contributed by atoms with Crippen molar-refractivity contribution >= 4 is 11.9 Å². The molecular weight excluding hydrogens is 230 g/mol. The Morgan fingerprint density at radius 3 is 2.47 bits per heavy atom. The lowest BCUT2D eigenvalue weighted by Crippen LogP contribution is -1.81. The molecule has 0 atom stereocenters. The number of hydrogen-bond acceptors (Lipinski definition) is 1. The van der Waals surface area contributed by atoms with E-state index in [0.29, 0.717) is 0 Å². The van der Waals surface area contributed by atoms with E-state index in [0.717, 1.165) is 12.1 Å². The average molecular weight is 245 g/mol. The molecule has 0 amide bonds. The molecule has 0 heterocycles. The van der Waals surface area contributed by atoms with E-state index < -0.39 is 0 Å². The van der Waals surface area contributed by atoms with Crippen molar-refractivity contribution in [1.82, 2.24) is 0 Å². The summed E-state index contributed by atoms with van der Waals surface area (Å²) in [6.45, 7) is 0. The predicted octanol–water partition coefficient (Wildman–Crippen LogP) is 4.94. The Hall–Kier alpha value is -2.41. The largest absolute Gasteiger partial charge is 0.256 e. The van der Waals surface area contributed by atoms with E-state index in [1.807, 2.05) is 18.3 Å². The lowest BCUT2D eigenvalue weighted by molar-refractivity contribution is 1.37. The zero-order valence-corrected chi connectivity index (χ0v) is 10.7. The molecule has 92 valence electrons. The van der Waals surface area contributed by atoms with Crippen molar-refractivity contribution in [2.75, 3.05) is 0 Å². The summed E-state index contributed by atoms with van der Waals surface area (Å²) >= 11 is 0. The molecule has 0 N–H and O–H groups in total. The van der Waals surface area contributed by atoms with Gasteiger partial charge in [-0.15, -0.1) is 0 Å². The number of nitrogens with zero attached hydrogens (tertiary/aromatic N) is 1. The first-order valence-corrected chi connectivity index (χ1v) is 6.48. The van der Waals surface area contributed by atoms with Gasteiger partial charge in [0.05, 0.1) is 5.69 Å². The molecule has 0 saturated carbocycles. The summed E-state index contributed by atoms with van der Waals surface area (Å²) in [5, 5.41) is 0. The zero-order valence-electron chi connectivity index (χ0n) is 10.7. The maximum Gasteiger partial charge on any atom is 0.0708 e. The van der Waals surface area contributed by atoms with Gasteiger partial charge in [0, 0.05) is 11.8 Å². The normalized spacial score (nSPS) is 14.0. The number of allylic oxidation sites excluding steroid dienone is 4.